The van der Waals surface area contributed by atoms with E-state index in [1.807, 2.05) is 6.07 Å². The van der Waals surface area contributed by atoms with Gasteiger partial charge in [0.15, 0.2) is 0 Å². The van der Waals surface area contributed by atoms with Gasteiger partial charge in [-0.25, -0.2) is 4.79 Å². The highest BCUT2D eigenvalue weighted by Gasteiger charge is 2.46. The first-order valence-electron chi connectivity index (χ1n) is 8.78. The summed E-state index contributed by atoms with van der Waals surface area (Å²) < 4.78 is 1.75. The summed E-state index contributed by atoms with van der Waals surface area (Å²) in [5.41, 5.74) is 1.41. The first-order chi connectivity index (χ1) is 12.5. The Bertz CT molecular complexity index is 1040. The van der Waals surface area contributed by atoms with Crippen LogP contribution in [0.5, 0.6) is 0 Å². The molecule has 1 aromatic carbocycles. The number of nitrogens with zero attached hydrogens (tertiary/aromatic N) is 3. The van der Waals surface area contributed by atoms with E-state index in [4.69, 9.17) is 0 Å². The number of β-amino-alcohol motifs (C(OH)–C–C–N with tert-alkyl or cyclic N) is 1. The van der Waals surface area contributed by atoms with Crippen molar-refractivity contribution in [3.05, 3.63) is 52.2 Å². The lowest BCUT2D eigenvalue weighted by Gasteiger charge is -2.45. The molecule has 134 valence electrons. The van der Waals surface area contributed by atoms with Crippen LogP contribution in [0.3, 0.4) is 0 Å². The predicted octanol–water partition coefficient (Wildman–Crippen LogP) is 0.806. The Morgan fingerprint density at radius 3 is 2.81 bits per heavy atom. The molecule has 1 saturated heterocycles. The molecule has 2 fully saturated rings. The number of imidazole rings is 1. The maximum absolute atomic E-state index is 12.7. The van der Waals surface area contributed by atoms with Crippen LogP contribution in [0.2, 0.25) is 0 Å². The normalized spacial score (nSPS) is 18.9. The molecule has 1 aliphatic carbocycles. The molecule has 5 rings (SSSR count). The highest BCUT2D eigenvalue weighted by atomic mass is 16.3. The lowest BCUT2D eigenvalue weighted by atomic mass is 9.90. The quantitative estimate of drug-likeness (QED) is 0.645. The Hall–Kier alpha value is -2.87. The van der Waals surface area contributed by atoms with Crippen molar-refractivity contribution in [3.63, 3.8) is 0 Å². The fourth-order valence-corrected chi connectivity index (χ4v) is 3.63. The molecule has 0 bridgehead atoms. The van der Waals surface area contributed by atoms with Crippen LogP contribution >= 0.6 is 0 Å². The van der Waals surface area contributed by atoms with Gasteiger partial charge >= 0.3 is 5.69 Å². The van der Waals surface area contributed by atoms with E-state index in [2.05, 4.69) is 15.2 Å². The van der Waals surface area contributed by atoms with E-state index >= 15 is 0 Å². The number of carbonyl (C=O) groups is 1. The molecule has 3 heterocycles. The van der Waals surface area contributed by atoms with Crippen molar-refractivity contribution in [1.29, 1.82) is 0 Å². The number of H-pyrrole nitrogens is 2. The minimum atomic E-state index is -1.07. The summed E-state index contributed by atoms with van der Waals surface area (Å²) in [7, 11) is 0. The lowest BCUT2D eigenvalue weighted by molar-refractivity contribution is -0.0892. The fourth-order valence-electron chi connectivity index (χ4n) is 3.63. The molecule has 2 aromatic heterocycles. The number of carbonyl (C=O) groups excluding carboxylic acids is 1. The molecule has 0 atom stereocenters. The second kappa shape index (κ2) is 5.31. The molecule has 0 unspecified atom stereocenters. The summed E-state index contributed by atoms with van der Waals surface area (Å²) in [5.74, 6) is 0.432. The van der Waals surface area contributed by atoms with Crippen LogP contribution in [-0.4, -0.2) is 48.8 Å². The number of aliphatic hydroxyl groups is 1. The summed E-state index contributed by atoms with van der Waals surface area (Å²) in [4.78, 5) is 29.3. The number of fused-ring (bicyclic) bond motifs is 1. The van der Waals surface area contributed by atoms with Crippen molar-refractivity contribution in [2.24, 2.45) is 5.92 Å². The Kier molecular flexibility index (Phi) is 3.14. The van der Waals surface area contributed by atoms with E-state index in [0.29, 0.717) is 22.7 Å². The zero-order valence-electron chi connectivity index (χ0n) is 14.1. The molecule has 3 N–H and O–H groups in total. The van der Waals surface area contributed by atoms with Crippen molar-refractivity contribution in [1.82, 2.24) is 24.6 Å². The third kappa shape index (κ3) is 2.37. The van der Waals surface area contributed by atoms with Crippen LogP contribution in [0.25, 0.3) is 11.0 Å². The van der Waals surface area contributed by atoms with Gasteiger partial charge in [0.25, 0.3) is 5.91 Å². The van der Waals surface area contributed by atoms with Crippen LogP contribution in [0, 0.1) is 5.92 Å². The number of hydrogen-bond acceptors (Lipinski definition) is 4. The summed E-state index contributed by atoms with van der Waals surface area (Å²) in [6.45, 7) is 1.16. The predicted molar refractivity (Wildman–Crippen MR) is 93.7 cm³/mol. The molecular weight excluding hydrogens is 334 g/mol. The number of hydrogen-bond donors (Lipinski definition) is 3. The monoisotopic (exact) mass is 353 g/mol. The summed E-state index contributed by atoms with van der Waals surface area (Å²) >= 11 is 0. The topological polar surface area (TPSA) is 107 Å². The third-order valence-electron chi connectivity index (χ3n) is 5.35. The first kappa shape index (κ1) is 15.4. The maximum Gasteiger partial charge on any atom is 0.326 e. The van der Waals surface area contributed by atoms with E-state index in [1.165, 1.54) is 12.8 Å². The molecule has 26 heavy (non-hydrogen) atoms. The summed E-state index contributed by atoms with van der Waals surface area (Å²) in [6, 6.07) is 7.00. The molecule has 8 heteroatoms. The van der Waals surface area contributed by atoms with E-state index in [9.17, 15) is 14.7 Å². The average molecular weight is 353 g/mol. The van der Waals surface area contributed by atoms with Gasteiger partial charge in [0.2, 0.25) is 0 Å². The van der Waals surface area contributed by atoms with Crippen molar-refractivity contribution >= 4 is 16.9 Å². The Balaban J connectivity index is 1.38. The van der Waals surface area contributed by atoms with Gasteiger partial charge in [0, 0.05) is 18.3 Å². The number of aromatic amines is 2. The number of rotatable bonds is 4. The third-order valence-corrected chi connectivity index (χ3v) is 5.35. The van der Waals surface area contributed by atoms with Gasteiger partial charge in [-0.2, -0.15) is 5.10 Å². The second-order valence-electron chi connectivity index (χ2n) is 7.38. The highest BCUT2D eigenvalue weighted by Crippen LogP contribution is 2.33. The van der Waals surface area contributed by atoms with Gasteiger partial charge in [-0.15, -0.1) is 0 Å². The second-order valence-corrected chi connectivity index (χ2v) is 7.38. The molecule has 2 aliphatic rings. The molecule has 0 spiro atoms. The Morgan fingerprint density at radius 2 is 2.12 bits per heavy atom. The zero-order chi connectivity index (χ0) is 17.9. The van der Waals surface area contributed by atoms with Gasteiger partial charge in [-0.3, -0.25) is 14.5 Å². The van der Waals surface area contributed by atoms with Crippen molar-refractivity contribution in [2.45, 2.75) is 25.0 Å². The van der Waals surface area contributed by atoms with E-state index in [-0.39, 0.29) is 24.7 Å². The Labute approximate surface area is 148 Å². The number of aromatic nitrogens is 4. The molecule has 0 radical (unpaired) electrons. The molecular formula is C18H19N5O3. The number of amides is 1. The summed E-state index contributed by atoms with van der Waals surface area (Å²) in [5, 5.41) is 17.1. The van der Waals surface area contributed by atoms with Crippen LogP contribution in [0.15, 0.2) is 35.3 Å². The SMILES string of the molecule is O=C(c1ccc2c(c1)[nH]c(=O)n2CC1CC1)N1CC(O)(c2ccn[nH]2)C1. The van der Waals surface area contributed by atoms with Gasteiger partial charge in [0.1, 0.15) is 5.60 Å². The molecule has 1 aliphatic heterocycles. The smallest absolute Gasteiger partial charge is 0.326 e. The van der Waals surface area contributed by atoms with E-state index < -0.39 is 5.60 Å². The van der Waals surface area contributed by atoms with Crippen LogP contribution in [0.1, 0.15) is 28.9 Å². The number of likely N-dealkylation sites (tertiary alicyclic amines) is 1. The van der Waals surface area contributed by atoms with Crippen molar-refractivity contribution in [3.8, 4) is 0 Å². The van der Waals surface area contributed by atoms with Gasteiger partial charge in [0.05, 0.1) is 29.8 Å². The molecule has 8 nitrogen and oxygen atoms in total. The van der Waals surface area contributed by atoms with Gasteiger partial charge < -0.3 is 15.0 Å². The van der Waals surface area contributed by atoms with Gasteiger partial charge in [-0.05, 0) is 43.0 Å². The van der Waals surface area contributed by atoms with Crippen LogP contribution in [-0.2, 0) is 12.1 Å². The molecule has 1 saturated carbocycles. The maximum atomic E-state index is 12.7. The standard InChI is InChI=1S/C18H19N5O3/c24-16(22-9-18(26,10-22)15-5-6-19-21-15)12-3-4-14-13(7-12)20-17(25)23(14)8-11-1-2-11/h3-7,11,26H,1-2,8-10H2,(H,19,21)(H,20,25). The highest BCUT2D eigenvalue weighted by molar-refractivity contribution is 5.98. The number of benzene rings is 1. The van der Waals surface area contributed by atoms with Crippen LogP contribution < -0.4 is 5.69 Å². The minimum Gasteiger partial charge on any atom is -0.380 e. The average Bonchev–Trinajstić information content (AvgIpc) is 3.13. The van der Waals surface area contributed by atoms with Gasteiger partial charge in [-0.1, -0.05) is 0 Å². The fraction of sp³-hybridized carbons (Fsp3) is 0.389. The van der Waals surface area contributed by atoms with E-state index in [1.54, 1.807) is 33.9 Å². The first-order valence-corrected chi connectivity index (χ1v) is 8.78. The minimum absolute atomic E-state index is 0.130. The Morgan fingerprint density at radius 1 is 1.31 bits per heavy atom. The van der Waals surface area contributed by atoms with Crippen molar-refractivity contribution < 1.29 is 9.90 Å². The number of nitrogens with one attached hydrogen (secondary N) is 2. The molecule has 3 aromatic rings. The van der Waals surface area contributed by atoms with Crippen LogP contribution in [0.4, 0.5) is 0 Å². The summed E-state index contributed by atoms with van der Waals surface area (Å²) in [6.07, 6.45) is 3.92. The largest absolute Gasteiger partial charge is 0.380 e. The molecule has 1 amide bonds. The van der Waals surface area contributed by atoms with Crippen molar-refractivity contribution in [2.75, 3.05) is 13.1 Å². The van der Waals surface area contributed by atoms with E-state index in [0.717, 1.165) is 12.1 Å². The zero-order valence-corrected chi connectivity index (χ0v) is 14.1. The lowest BCUT2D eigenvalue weighted by Crippen LogP contribution is -2.61.